The van der Waals surface area contributed by atoms with Crippen LogP contribution in [0, 0.1) is 11.8 Å². The Hall–Kier alpha value is -0.960. The van der Waals surface area contributed by atoms with Gasteiger partial charge in [-0.2, -0.15) is 0 Å². The van der Waals surface area contributed by atoms with Gasteiger partial charge in [0, 0.05) is 17.8 Å². The molecule has 1 saturated carbocycles. The number of nitrogens with zero attached hydrogens (tertiary/aromatic N) is 1. The highest BCUT2D eigenvalue weighted by Crippen LogP contribution is 2.30. The molecule has 0 amide bonds. The summed E-state index contributed by atoms with van der Waals surface area (Å²) in [6, 6.07) is 3.99. The largest absolute Gasteiger partial charge is 0.399 e. The molecule has 0 aliphatic heterocycles. The van der Waals surface area contributed by atoms with E-state index in [1.807, 2.05) is 6.07 Å². The maximum absolute atomic E-state index is 5.90. The van der Waals surface area contributed by atoms with Crippen molar-refractivity contribution in [2.45, 2.75) is 39.2 Å². The molecule has 1 aliphatic rings. The highest BCUT2D eigenvalue weighted by molar-refractivity contribution is 6.29. The molecule has 2 rings (SSSR count). The van der Waals surface area contributed by atoms with Crippen molar-refractivity contribution in [2.75, 3.05) is 11.1 Å². The maximum atomic E-state index is 5.90. The first kappa shape index (κ1) is 12.5. The molecule has 3 nitrogen and oxygen atoms in total. The third-order valence-electron chi connectivity index (χ3n) is 3.58. The molecule has 1 aromatic rings. The van der Waals surface area contributed by atoms with Crippen LogP contribution in [-0.4, -0.2) is 11.0 Å². The molecule has 3 atom stereocenters. The SMILES string of the molecule is CC1CCC(Nc2cc(N)cc(Cl)n2)C(C)C1. The molecule has 0 aromatic carbocycles. The summed E-state index contributed by atoms with van der Waals surface area (Å²) in [6.45, 7) is 4.61. The monoisotopic (exact) mass is 253 g/mol. The third kappa shape index (κ3) is 3.25. The summed E-state index contributed by atoms with van der Waals surface area (Å²) in [5.74, 6) is 2.29. The Morgan fingerprint density at radius 3 is 2.76 bits per heavy atom. The fraction of sp³-hybridized carbons (Fsp3) is 0.615. The molecule has 94 valence electrons. The van der Waals surface area contributed by atoms with Gasteiger partial charge in [-0.3, -0.25) is 0 Å². The van der Waals surface area contributed by atoms with Crippen LogP contribution in [0.25, 0.3) is 0 Å². The maximum Gasteiger partial charge on any atom is 0.133 e. The van der Waals surface area contributed by atoms with E-state index in [1.54, 1.807) is 6.07 Å². The van der Waals surface area contributed by atoms with Gasteiger partial charge in [-0.1, -0.05) is 25.4 Å². The quantitative estimate of drug-likeness (QED) is 0.793. The highest BCUT2D eigenvalue weighted by Gasteiger charge is 2.25. The average molecular weight is 254 g/mol. The predicted molar refractivity (Wildman–Crippen MR) is 73.2 cm³/mol. The molecule has 0 radical (unpaired) electrons. The molecule has 1 aliphatic carbocycles. The van der Waals surface area contributed by atoms with Gasteiger partial charge >= 0.3 is 0 Å². The Balaban J connectivity index is 2.05. The van der Waals surface area contributed by atoms with Crippen LogP contribution in [0.4, 0.5) is 11.5 Å². The van der Waals surface area contributed by atoms with Crippen LogP contribution in [0.3, 0.4) is 0 Å². The molecule has 0 saturated heterocycles. The minimum atomic E-state index is 0.448. The van der Waals surface area contributed by atoms with Gasteiger partial charge in [0.25, 0.3) is 0 Å². The topological polar surface area (TPSA) is 50.9 Å². The summed E-state index contributed by atoms with van der Waals surface area (Å²) in [7, 11) is 0. The van der Waals surface area contributed by atoms with Crippen LogP contribution in [0.2, 0.25) is 5.15 Å². The fourth-order valence-electron chi connectivity index (χ4n) is 2.66. The summed E-state index contributed by atoms with van der Waals surface area (Å²) in [5, 5.41) is 3.91. The van der Waals surface area contributed by atoms with Crippen LogP contribution in [0.15, 0.2) is 12.1 Å². The number of rotatable bonds is 2. The second-order valence-electron chi connectivity index (χ2n) is 5.25. The number of aromatic nitrogens is 1. The van der Waals surface area contributed by atoms with Gasteiger partial charge in [0.1, 0.15) is 11.0 Å². The van der Waals surface area contributed by atoms with Crippen molar-refractivity contribution < 1.29 is 0 Å². The van der Waals surface area contributed by atoms with E-state index >= 15 is 0 Å². The number of halogens is 1. The van der Waals surface area contributed by atoms with E-state index in [-0.39, 0.29) is 0 Å². The van der Waals surface area contributed by atoms with Crippen molar-refractivity contribution >= 4 is 23.1 Å². The lowest BCUT2D eigenvalue weighted by Gasteiger charge is -2.33. The Morgan fingerprint density at radius 2 is 2.12 bits per heavy atom. The van der Waals surface area contributed by atoms with Crippen LogP contribution >= 0.6 is 11.6 Å². The van der Waals surface area contributed by atoms with E-state index in [2.05, 4.69) is 24.1 Å². The van der Waals surface area contributed by atoms with E-state index in [4.69, 9.17) is 17.3 Å². The van der Waals surface area contributed by atoms with E-state index in [0.29, 0.717) is 22.8 Å². The number of hydrogen-bond donors (Lipinski definition) is 2. The number of nitrogen functional groups attached to an aromatic ring is 1. The second-order valence-corrected chi connectivity index (χ2v) is 5.64. The molecule has 1 aromatic heterocycles. The van der Waals surface area contributed by atoms with E-state index in [0.717, 1.165) is 11.7 Å². The lowest BCUT2D eigenvalue weighted by atomic mass is 9.80. The zero-order valence-corrected chi connectivity index (χ0v) is 11.2. The van der Waals surface area contributed by atoms with Crippen LogP contribution in [-0.2, 0) is 0 Å². The molecular weight excluding hydrogens is 234 g/mol. The van der Waals surface area contributed by atoms with E-state index in [9.17, 15) is 0 Å². The Labute approximate surface area is 108 Å². The number of nitrogens with one attached hydrogen (secondary N) is 1. The molecule has 17 heavy (non-hydrogen) atoms. The van der Waals surface area contributed by atoms with Gasteiger partial charge < -0.3 is 11.1 Å². The summed E-state index contributed by atoms with van der Waals surface area (Å²) in [5.41, 5.74) is 6.41. The molecule has 1 heterocycles. The first-order valence-electron chi connectivity index (χ1n) is 6.24. The molecule has 3 unspecified atom stereocenters. The average Bonchev–Trinajstić information content (AvgIpc) is 2.21. The molecule has 1 fully saturated rings. The molecule has 4 heteroatoms. The lowest BCUT2D eigenvalue weighted by molar-refractivity contribution is 0.276. The first-order chi connectivity index (χ1) is 8.04. The second kappa shape index (κ2) is 5.13. The van der Waals surface area contributed by atoms with Crippen LogP contribution < -0.4 is 11.1 Å². The number of nitrogens with two attached hydrogens (primary N) is 1. The highest BCUT2D eigenvalue weighted by atomic mass is 35.5. The smallest absolute Gasteiger partial charge is 0.133 e. The van der Waals surface area contributed by atoms with E-state index in [1.165, 1.54) is 19.3 Å². The van der Waals surface area contributed by atoms with Crippen molar-refractivity contribution in [1.29, 1.82) is 0 Å². The van der Waals surface area contributed by atoms with Gasteiger partial charge in [0.15, 0.2) is 0 Å². The predicted octanol–water partition coefficient (Wildman–Crippen LogP) is 3.55. The Kier molecular flexibility index (Phi) is 3.77. The molecule has 0 bridgehead atoms. The number of hydrogen-bond acceptors (Lipinski definition) is 3. The summed E-state index contributed by atoms with van der Waals surface area (Å²) in [6.07, 6.45) is 3.74. The zero-order chi connectivity index (χ0) is 12.4. The van der Waals surface area contributed by atoms with Crippen molar-refractivity contribution in [1.82, 2.24) is 4.98 Å². The first-order valence-corrected chi connectivity index (χ1v) is 6.62. The normalized spacial score (nSPS) is 29.0. The third-order valence-corrected chi connectivity index (χ3v) is 3.77. The minimum Gasteiger partial charge on any atom is -0.399 e. The van der Waals surface area contributed by atoms with Gasteiger partial charge in [-0.25, -0.2) is 4.98 Å². The van der Waals surface area contributed by atoms with Crippen molar-refractivity contribution in [3.63, 3.8) is 0 Å². The van der Waals surface area contributed by atoms with Crippen LogP contribution in [0.1, 0.15) is 33.1 Å². The summed E-state index contributed by atoms with van der Waals surface area (Å²) in [4.78, 5) is 4.26. The fourth-order valence-corrected chi connectivity index (χ4v) is 2.88. The van der Waals surface area contributed by atoms with E-state index < -0.39 is 0 Å². The standard InChI is InChI=1S/C13H20ClN3/c1-8-3-4-11(9(2)5-8)16-13-7-10(15)6-12(14)17-13/h6-9,11H,3-5H2,1-2H3,(H3,15,16,17). The summed E-state index contributed by atoms with van der Waals surface area (Å²) < 4.78 is 0. The molecule has 3 N–H and O–H groups in total. The summed E-state index contributed by atoms with van der Waals surface area (Å²) >= 11 is 5.90. The van der Waals surface area contributed by atoms with Crippen molar-refractivity contribution in [3.05, 3.63) is 17.3 Å². The minimum absolute atomic E-state index is 0.448. The number of pyridine rings is 1. The molecular formula is C13H20ClN3. The Bertz CT molecular complexity index is 374. The van der Waals surface area contributed by atoms with Crippen molar-refractivity contribution in [2.24, 2.45) is 11.8 Å². The number of anilines is 2. The van der Waals surface area contributed by atoms with Crippen LogP contribution in [0.5, 0.6) is 0 Å². The van der Waals surface area contributed by atoms with Gasteiger partial charge in [-0.15, -0.1) is 0 Å². The Morgan fingerprint density at radius 1 is 1.35 bits per heavy atom. The van der Waals surface area contributed by atoms with Gasteiger partial charge in [-0.05, 0) is 37.2 Å². The lowest BCUT2D eigenvalue weighted by Crippen LogP contribution is -2.33. The zero-order valence-electron chi connectivity index (χ0n) is 10.4. The van der Waals surface area contributed by atoms with Crippen molar-refractivity contribution in [3.8, 4) is 0 Å². The molecule has 0 spiro atoms. The van der Waals surface area contributed by atoms with Gasteiger partial charge in [0.2, 0.25) is 0 Å². The van der Waals surface area contributed by atoms with Gasteiger partial charge in [0.05, 0.1) is 0 Å².